The van der Waals surface area contributed by atoms with Gasteiger partial charge in [-0.3, -0.25) is 4.79 Å². The molecule has 0 radical (unpaired) electrons. The van der Waals surface area contributed by atoms with E-state index < -0.39 is 16.3 Å². The van der Waals surface area contributed by atoms with Crippen LogP contribution >= 0.6 is 0 Å². The summed E-state index contributed by atoms with van der Waals surface area (Å²) in [6.45, 7) is 5.21. The summed E-state index contributed by atoms with van der Waals surface area (Å²) in [5.41, 5.74) is 1.78. The van der Waals surface area contributed by atoms with Gasteiger partial charge in [-0.2, -0.15) is 17.0 Å². The van der Waals surface area contributed by atoms with E-state index in [1.165, 1.54) is 13.5 Å². The molecule has 1 amide bonds. The molecule has 2 heterocycles. The van der Waals surface area contributed by atoms with Crippen LogP contribution < -0.4 is 0 Å². The van der Waals surface area contributed by atoms with Gasteiger partial charge >= 0.3 is 0 Å². The first-order chi connectivity index (χ1) is 13.8. The molecule has 0 saturated carbocycles. The molecule has 2 aromatic rings. The molecule has 8 nitrogen and oxygen atoms in total. The smallest absolute Gasteiger partial charge is 0.282 e. The largest absolute Gasteiger partial charge is 0.369 e. The highest BCUT2D eigenvalue weighted by molar-refractivity contribution is 7.86. The number of fused-ring (bicyclic) bond motifs is 1. The Labute approximate surface area is 172 Å². The number of carbonyl (C=O) groups excluding carboxylic acids is 1. The Kier molecular flexibility index (Phi) is 6.52. The molecule has 1 aromatic carbocycles. The van der Waals surface area contributed by atoms with Crippen molar-refractivity contribution in [3.63, 3.8) is 0 Å². The predicted molar refractivity (Wildman–Crippen MR) is 112 cm³/mol. The number of carbonyl (C=O) groups is 1. The van der Waals surface area contributed by atoms with Gasteiger partial charge in [-0.05, 0) is 12.1 Å². The van der Waals surface area contributed by atoms with Gasteiger partial charge in [0.1, 0.15) is 6.10 Å². The third kappa shape index (κ3) is 4.28. The second kappa shape index (κ2) is 8.74. The van der Waals surface area contributed by atoms with Crippen molar-refractivity contribution in [2.45, 2.75) is 20.0 Å². The van der Waals surface area contributed by atoms with Crippen LogP contribution in [0.5, 0.6) is 0 Å². The van der Waals surface area contributed by atoms with Gasteiger partial charge in [0.05, 0.1) is 23.4 Å². The lowest BCUT2D eigenvalue weighted by Crippen LogP contribution is -2.49. The van der Waals surface area contributed by atoms with Crippen molar-refractivity contribution in [2.24, 2.45) is 0 Å². The SMILES string of the molecule is CCN(CC)S(=O)(=O)N1CCO[C@H](c2cc(C(=O)N(C)C)c3ccccc3n2)C1. The number of nitrogens with zero attached hydrogens (tertiary/aromatic N) is 4. The third-order valence-electron chi connectivity index (χ3n) is 5.09. The number of amides is 1. The summed E-state index contributed by atoms with van der Waals surface area (Å²) < 4.78 is 34.6. The second-order valence-corrected chi connectivity index (χ2v) is 9.05. The van der Waals surface area contributed by atoms with Gasteiger partial charge in [0.25, 0.3) is 16.1 Å². The molecule has 0 aliphatic carbocycles. The first kappa shape index (κ1) is 21.6. The number of hydrogen-bond donors (Lipinski definition) is 0. The Morgan fingerprint density at radius 1 is 1.24 bits per heavy atom. The molecule has 1 aliphatic rings. The predicted octanol–water partition coefficient (Wildman–Crippen LogP) is 1.90. The zero-order valence-electron chi connectivity index (χ0n) is 17.3. The molecule has 0 spiro atoms. The van der Waals surface area contributed by atoms with Crippen LogP contribution in [0.15, 0.2) is 30.3 Å². The molecule has 0 unspecified atom stereocenters. The first-order valence-corrected chi connectivity index (χ1v) is 11.2. The molecule has 3 rings (SSSR count). The summed E-state index contributed by atoms with van der Waals surface area (Å²) in [5, 5.41) is 0.762. The van der Waals surface area contributed by atoms with E-state index in [1.807, 2.05) is 38.1 Å². The molecule has 1 atom stereocenters. The van der Waals surface area contributed by atoms with Crippen LogP contribution in [0.4, 0.5) is 0 Å². The molecule has 158 valence electrons. The Bertz CT molecular complexity index is 989. The highest BCUT2D eigenvalue weighted by atomic mass is 32.2. The van der Waals surface area contributed by atoms with E-state index in [0.29, 0.717) is 36.4 Å². The third-order valence-corrected chi connectivity index (χ3v) is 7.24. The second-order valence-electron chi connectivity index (χ2n) is 7.12. The van der Waals surface area contributed by atoms with Gasteiger partial charge in [-0.25, -0.2) is 4.98 Å². The van der Waals surface area contributed by atoms with E-state index in [1.54, 1.807) is 20.2 Å². The van der Waals surface area contributed by atoms with Crippen molar-refractivity contribution in [3.05, 3.63) is 41.6 Å². The van der Waals surface area contributed by atoms with E-state index in [2.05, 4.69) is 4.98 Å². The lowest BCUT2D eigenvalue weighted by molar-refractivity contribution is -0.00645. The number of ether oxygens (including phenoxy) is 1. The summed E-state index contributed by atoms with van der Waals surface area (Å²) in [4.78, 5) is 18.9. The van der Waals surface area contributed by atoms with Crippen LogP contribution in [0.25, 0.3) is 10.9 Å². The number of para-hydroxylation sites is 1. The lowest BCUT2D eigenvalue weighted by Gasteiger charge is -2.35. The minimum Gasteiger partial charge on any atom is -0.369 e. The highest BCUT2D eigenvalue weighted by Gasteiger charge is 2.34. The summed E-state index contributed by atoms with van der Waals surface area (Å²) in [5.74, 6) is -0.131. The van der Waals surface area contributed by atoms with E-state index >= 15 is 0 Å². The Morgan fingerprint density at radius 2 is 1.93 bits per heavy atom. The molecule has 1 fully saturated rings. The van der Waals surface area contributed by atoms with E-state index in [9.17, 15) is 13.2 Å². The minimum atomic E-state index is -3.56. The van der Waals surface area contributed by atoms with Crippen molar-refractivity contribution in [2.75, 3.05) is 46.9 Å². The van der Waals surface area contributed by atoms with Crippen LogP contribution in [0.2, 0.25) is 0 Å². The summed E-state index contributed by atoms with van der Waals surface area (Å²) in [6.07, 6.45) is -0.535. The van der Waals surface area contributed by atoms with Crippen LogP contribution in [0, 0.1) is 0 Å². The average Bonchev–Trinajstić information content (AvgIpc) is 2.73. The number of benzene rings is 1. The molecule has 9 heteroatoms. The fraction of sp³-hybridized carbons (Fsp3) is 0.500. The normalized spacial score (nSPS) is 18.3. The molecule has 29 heavy (non-hydrogen) atoms. The van der Waals surface area contributed by atoms with E-state index in [-0.39, 0.29) is 19.1 Å². The van der Waals surface area contributed by atoms with Crippen molar-refractivity contribution in [1.29, 1.82) is 0 Å². The van der Waals surface area contributed by atoms with Crippen LogP contribution in [0.1, 0.15) is 36.0 Å². The van der Waals surface area contributed by atoms with Crippen molar-refractivity contribution < 1.29 is 17.9 Å². The standard InChI is InChI=1S/C20H28N4O4S/c1-5-23(6-2)29(26,27)24-11-12-28-19(14-24)18-13-16(20(25)22(3)4)15-9-7-8-10-17(15)21-18/h7-10,13,19H,5-6,11-12,14H2,1-4H3/t19-/m0/s1. The number of hydrogen-bond acceptors (Lipinski definition) is 5. The quantitative estimate of drug-likeness (QED) is 0.713. The number of pyridine rings is 1. The van der Waals surface area contributed by atoms with E-state index in [0.717, 1.165) is 5.39 Å². The first-order valence-electron chi connectivity index (χ1n) is 9.77. The Balaban J connectivity index is 1.99. The van der Waals surface area contributed by atoms with Gasteiger partial charge < -0.3 is 9.64 Å². The molecule has 1 aliphatic heterocycles. The summed E-state index contributed by atoms with van der Waals surface area (Å²) >= 11 is 0. The summed E-state index contributed by atoms with van der Waals surface area (Å²) in [6, 6.07) is 9.16. The van der Waals surface area contributed by atoms with Crippen LogP contribution in [-0.4, -0.2) is 79.7 Å². The zero-order chi connectivity index (χ0) is 21.2. The van der Waals surface area contributed by atoms with Crippen molar-refractivity contribution in [3.8, 4) is 0 Å². The fourth-order valence-corrected chi connectivity index (χ4v) is 5.11. The maximum atomic E-state index is 12.9. The van der Waals surface area contributed by atoms with Crippen molar-refractivity contribution >= 4 is 27.0 Å². The van der Waals surface area contributed by atoms with Gasteiger partial charge in [0, 0.05) is 45.7 Å². The Morgan fingerprint density at radius 3 is 2.59 bits per heavy atom. The summed E-state index contributed by atoms with van der Waals surface area (Å²) in [7, 11) is -0.162. The minimum absolute atomic E-state index is 0.131. The molecule has 0 N–H and O–H groups in total. The zero-order valence-corrected chi connectivity index (χ0v) is 18.1. The number of aromatic nitrogens is 1. The highest BCUT2D eigenvalue weighted by Crippen LogP contribution is 2.28. The van der Waals surface area contributed by atoms with Gasteiger partial charge in [0.15, 0.2) is 0 Å². The molecule has 1 aromatic heterocycles. The van der Waals surface area contributed by atoms with E-state index in [4.69, 9.17) is 4.74 Å². The lowest BCUT2D eigenvalue weighted by atomic mass is 10.0. The number of morpholine rings is 1. The van der Waals surface area contributed by atoms with Gasteiger partial charge in [-0.15, -0.1) is 0 Å². The van der Waals surface area contributed by atoms with Gasteiger partial charge in [0.2, 0.25) is 0 Å². The Hall–Kier alpha value is -2.07. The van der Waals surface area contributed by atoms with Crippen molar-refractivity contribution in [1.82, 2.24) is 18.5 Å². The van der Waals surface area contributed by atoms with Gasteiger partial charge in [-0.1, -0.05) is 32.0 Å². The fourth-order valence-electron chi connectivity index (χ4n) is 3.51. The number of rotatable bonds is 6. The molecular formula is C20H28N4O4S. The maximum Gasteiger partial charge on any atom is 0.282 e. The maximum absolute atomic E-state index is 12.9. The average molecular weight is 421 g/mol. The monoisotopic (exact) mass is 420 g/mol. The molecule has 0 bridgehead atoms. The topological polar surface area (TPSA) is 83.1 Å². The molecule has 1 saturated heterocycles. The van der Waals surface area contributed by atoms with Crippen LogP contribution in [0.3, 0.4) is 0 Å². The van der Waals surface area contributed by atoms with Crippen LogP contribution in [-0.2, 0) is 14.9 Å². The molecular weight excluding hydrogens is 392 g/mol.